The minimum atomic E-state index is 0.396. The highest BCUT2D eigenvalue weighted by atomic mass is 16.5. The first kappa shape index (κ1) is 25.3. The van der Waals surface area contributed by atoms with Crippen molar-refractivity contribution in [3.63, 3.8) is 0 Å². The maximum atomic E-state index is 6.29. The molecular weight excluding hydrogens is 492 g/mol. The second-order valence-electron chi connectivity index (χ2n) is 9.73. The van der Waals surface area contributed by atoms with Gasteiger partial charge in [0.05, 0.1) is 11.0 Å². The van der Waals surface area contributed by atoms with E-state index >= 15 is 0 Å². The van der Waals surface area contributed by atoms with Crippen LogP contribution in [-0.2, 0) is 13.1 Å². The molecule has 6 rings (SSSR count). The van der Waals surface area contributed by atoms with Gasteiger partial charge in [0.15, 0.2) is 0 Å². The molecule has 6 aromatic rings. The maximum Gasteiger partial charge on any atom is 0.127 e. The van der Waals surface area contributed by atoms with Crippen LogP contribution in [-0.4, -0.2) is 22.3 Å². The molecule has 198 valence electrons. The third kappa shape index (κ3) is 4.00. The van der Waals surface area contributed by atoms with Crippen LogP contribution in [0.5, 0.6) is 11.5 Å². The molecule has 0 amide bonds. The van der Waals surface area contributed by atoms with Crippen molar-refractivity contribution >= 4 is 43.6 Å². The van der Waals surface area contributed by atoms with Crippen LogP contribution in [0.4, 0.5) is 0 Å². The zero-order chi connectivity index (χ0) is 27.6. The van der Waals surface area contributed by atoms with Crippen molar-refractivity contribution < 1.29 is 9.47 Å². The zero-order valence-electron chi connectivity index (χ0n) is 22.6. The van der Waals surface area contributed by atoms with Gasteiger partial charge in [-0.2, -0.15) is 0 Å². The lowest BCUT2D eigenvalue weighted by Crippen LogP contribution is -2.01. The van der Waals surface area contributed by atoms with Gasteiger partial charge in [0, 0.05) is 56.8 Å². The van der Waals surface area contributed by atoms with Gasteiger partial charge in [-0.05, 0) is 36.4 Å². The summed E-state index contributed by atoms with van der Waals surface area (Å²) in [6, 6.07) is 25.5. The number of rotatable bonds is 11. The highest BCUT2D eigenvalue weighted by Gasteiger charge is 2.24. The van der Waals surface area contributed by atoms with E-state index in [-0.39, 0.29) is 0 Å². The van der Waals surface area contributed by atoms with Gasteiger partial charge in [-0.1, -0.05) is 73.9 Å². The Balaban J connectivity index is 1.88. The number of benzene rings is 4. The average molecular weight is 525 g/mol. The fraction of sp³-hybridized carbons (Fsp3) is 0.111. The second kappa shape index (κ2) is 10.7. The summed E-state index contributed by atoms with van der Waals surface area (Å²) in [5, 5.41) is 4.73. The first-order chi connectivity index (χ1) is 19.7. The number of nitrogens with zero attached hydrogens (tertiary/aromatic N) is 2. The molecule has 0 saturated carbocycles. The molecule has 4 heteroatoms. The molecule has 40 heavy (non-hydrogen) atoms. The van der Waals surface area contributed by atoms with E-state index in [1.807, 2.05) is 24.3 Å². The second-order valence-corrected chi connectivity index (χ2v) is 9.73. The minimum Gasteiger partial charge on any atom is -0.490 e. The summed E-state index contributed by atoms with van der Waals surface area (Å²) < 4.78 is 17.0. The summed E-state index contributed by atoms with van der Waals surface area (Å²) in [4.78, 5) is 0. The first-order valence-corrected chi connectivity index (χ1v) is 13.5. The number of hydrogen-bond acceptors (Lipinski definition) is 2. The van der Waals surface area contributed by atoms with Gasteiger partial charge >= 0.3 is 0 Å². The van der Waals surface area contributed by atoms with Gasteiger partial charge in [-0.25, -0.2) is 0 Å². The molecule has 4 nitrogen and oxygen atoms in total. The normalized spacial score (nSPS) is 11.3. The third-order valence-electron chi connectivity index (χ3n) is 7.36. The Labute approximate surface area is 234 Å². The predicted molar refractivity (Wildman–Crippen MR) is 170 cm³/mol. The molecule has 0 aliphatic heterocycles. The smallest absolute Gasteiger partial charge is 0.127 e. The molecule has 0 fully saturated rings. The lowest BCUT2D eigenvalue weighted by atomic mass is 9.95. The summed E-state index contributed by atoms with van der Waals surface area (Å²) in [6.07, 6.45) is 7.44. The molecule has 0 aliphatic rings. The topological polar surface area (TPSA) is 28.3 Å². The Kier molecular flexibility index (Phi) is 6.75. The van der Waals surface area contributed by atoms with Gasteiger partial charge in [0.25, 0.3) is 0 Å². The zero-order valence-corrected chi connectivity index (χ0v) is 22.6. The third-order valence-corrected chi connectivity index (χ3v) is 7.36. The fourth-order valence-corrected chi connectivity index (χ4v) is 5.87. The minimum absolute atomic E-state index is 0.396. The summed E-state index contributed by atoms with van der Waals surface area (Å²) in [5.41, 5.74) is 6.69. The number of fused-ring (bicyclic) bond motifs is 6. The van der Waals surface area contributed by atoms with E-state index in [0.29, 0.717) is 26.3 Å². The van der Waals surface area contributed by atoms with E-state index in [9.17, 15) is 0 Å². The van der Waals surface area contributed by atoms with Crippen molar-refractivity contribution in [2.75, 3.05) is 13.2 Å². The summed E-state index contributed by atoms with van der Waals surface area (Å²) >= 11 is 0. The maximum absolute atomic E-state index is 6.29. The van der Waals surface area contributed by atoms with E-state index < -0.39 is 0 Å². The van der Waals surface area contributed by atoms with E-state index in [1.54, 1.807) is 12.2 Å². The van der Waals surface area contributed by atoms with Gasteiger partial charge < -0.3 is 18.6 Å². The largest absolute Gasteiger partial charge is 0.490 e. The number of ether oxygens (including phenoxy) is 2. The molecule has 0 bridgehead atoms. The molecular formula is C36H32N2O2. The van der Waals surface area contributed by atoms with Crippen LogP contribution in [0.3, 0.4) is 0 Å². The number of para-hydroxylation sites is 2. The Hall–Kier alpha value is -4.96. The van der Waals surface area contributed by atoms with Crippen molar-refractivity contribution in [1.29, 1.82) is 0 Å². The molecule has 2 aromatic heterocycles. The average Bonchev–Trinajstić information content (AvgIpc) is 3.47. The van der Waals surface area contributed by atoms with Crippen LogP contribution in [0, 0.1) is 0 Å². The van der Waals surface area contributed by atoms with Crippen LogP contribution in [0.1, 0.15) is 0 Å². The van der Waals surface area contributed by atoms with Gasteiger partial charge in [-0.3, -0.25) is 0 Å². The monoisotopic (exact) mass is 524 g/mol. The lowest BCUT2D eigenvalue weighted by molar-refractivity contribution is 0.354. The van der Waals surface area contributed by atoms with Crippen LogP contribution in [0.15, 0.2) is 123 Å². The van der Waals surface area contributed by atoms with Gasteiger partial charge in [0.1, 0.15) is 24.7 Å². The standard InChI is InChI=1S/C36H32N2O2/c1-5-19-37-31-16-12-10-14-27(31)34-32(37)24-28-26-13-9-11-15-30(26)38(20-6-2)36(28)35(34)29-23-25(39-21-7-3)17-18-33(29)40-22-8-4/h5-18,23-24H,1-4,19-22H2. The molecule has 0 aliphatic carbocycles. The molecule has 0 atom stereocenters. The van der Waals surface area contributed by atoms with Crippen LogP contribution < -0.4 is 9.47 Å². The number of aromatic nitrogens is 2. The molecule has 0 unspecified atom stereocenters. The van der Waals surface area contributed by atoms with E-state index in [2.05, 4.69) is 96.1 Å². The first-order valence-electron chi connectivity index (χ1n) is 13.5. The van der Waals surface area contributed by atoms with Crippen LogP contribution in [0.25, 0.3) is 54.7 Å². The molecule has 0 saturated heterocycles. The SMILES string of the molecule is C=CCOc1ccc(OCC=C)c(-c2c3c4ccccc4n(CC=C)c3cc3c4ccccc4n(CC=C)c23)c1. The van der Waals surface area contributed by atoms with Crippen molar-refractivity contribution in [3.05, 3.63) is 123 Å². The van der Waals surface area contributed by atoms with Crippen LogP contribution in [0.2, 0.25) is 0 Å². The van der Waals surface area contributed by atoms with E-state index in [1.165, 1.54) is 32.6 Å². The van der Waals surface area contributed by atoms with Gasteiger partial charge in [0.2, 0.25) is 0 Å². The molecule has 0 radical (unpaired) electrons. The van der Waals surface area contributed by atoms with Crippen molar-refractivity contribution in [2.45, 2.75) is 13.1 Å². The fourth-order valence-electron chi connectivity index (χ4n) is 5.87. The number of allylic oxidation sites excluding steroid dienone is 2. The van der Waals surface area contributed by atoms with Crippen molar-refractivity contribution in [3.8, 4) is 22.6 Å². The van der Waals surface area contributed by atoms with E-state index in [4.69, 9.17) is 9.47 Å². The molecule has 0 N–H and O–H groups in total. The molecule has 4 aromatic carbocycles. The summed E-state index contributed by atoms with van der Waals surface area (Å²) in [6.45, 7) is 18.0. The Morgan fingerprint density at radius 2 is 1.25 bits per heavy atom. The molecule has 2 heterocycles. The summed E-state index contributed by atoms with van der Waals surface area (Å²) in [7, 11) is 0. The van der Waals surface area contributed by atoms with Crippen LogP contribution >= 0.6 is 0 Å². The Bertz CT molecular complexity index is 1930. The Morgan fingerprint density at radius 3 is 1.98 bits per heavy atom. The van der Waals surface area contributed by atoms with Gasteiger partial charge in [-0.15, -0.1) is 13.2 Å². The highest BCUT2D eigenvalue weighted by Crippen LogP contribution is 2.48. The van der Waals surface area contributed by atoms with Crippen molar-refractivity contribution in [2.24, 2.45) is 0 Å². The predicted octanol–water partition coefficient (Wildman–Crippen LogP) is 9.07. The van der Waals surface area contributed by atoms with E-state index in [0.717, 1.165) is 33.7 Å². The highest BCUT2D eigenvalue weighted by molar-refractivity contribution is 6.26. The lowest BCUT2D eigenvalue weighted by Gasteiger charge is -2.17. The Morgan fingerprint density at radius 1 is 0.600 bits per heavy atom. The molecule has 0 spiro atoms. The number of hydrogen-bond donors (Lipinski definition) is 0. The van der Waals surface area contributed by atoms with Crippen molar-refractivity contribution in [1.82, 2.24) is 9.13 Å². The quantitative estimate of drug-likeness (QED) is 0.158. The summed E-state index contributed by atoms with van der Waals surface area (Å²) in [5.74, 6) is 1.53.